The van der Waals surface area contributed by atoms with Gasteiger partial charge in [-0.15, -0.1) is 0 Å². The Hall–Kier alpha value is -1.05. The molecule has 0 saturated carbocycles. The molecule has 0 atom stereocenters. The summed E-state index contributed by atoms with van der Waals surface area (Å²) >= 11 is 0. The summed E-state index contributed by atoms with van der Waals surface area (Å²) < 4.78 is 4.55. The largest absolute Gasteiger partial charge is 0.466 e. The highest BCUT2D eigenvalue weighted by atomic mass is 16.5. The Bertz CT molecular complexity index is 202. The van der Waals surface area contributed by atoms with Crippen LogP contribution < -0.4 is 0 Å². The van der Waals surface area contributed by atoms with Gasteiger partial charge in [-0.2, -0.15) is 0 Å². The van der Waals surface area contributed by atoms with Crippen LogP contribution in [0.1, 0.15) is 33.1 Å². The van der Waals surface area contributed by atoms with E-state index in [-0.39, 0.29) is 5.97 Å². The van der Waals surface area contributed by atoms with Gasteiger partial charge in [-0.3, -0.25) is 0 Å². The van der Waals surface area contributed by atoms with Crippen molar-refractivity contribution in [2.24, 2.45) is 0 Å². The van der Waals surface area contributed by atoms with Gasteiger partial charge in [-0.1, -0.05) is 38.0 Å². The number of unbranched alkanes of at least 4 members (excludes halogenated alkanes) is 2. The maximum atomic E-state index is 10.9. The predicted octanol–water partition coefficient (Wildman–Crippen LogP) is 2.85. The fourth-order valence-electron chi connectivity index (χ4n) is 0.860. The third kappa shape index (κ3) is 6.14. The SMILES string of the molecule is CCCC/C=C/C=C(\C)C(=O)OC. The van der Waals surface area contributed by atoms with Crippen LogP contribution in [-0.2, 0) is 9.53 Å². The average Bonchev–Trinajstić information content (AvgIpc) is 2.16. The van der Waals surface area contributed by atoms with E-state index in [4.69, 9.17) is 0 Å². The zero-order valence-corrected chi connectivity index (χ0v) is 8.67. The lowest BCUT2D eigenvalue weighted by molar-refractivity contribution is -0.136. The molecule has 0 aromatic heterocycles. The number of allylic oxidation sites excluding steroid dienone is 3. The molecular weight excluding hydrogens is 164 g/mol. The number of methoxy groups -OCH3 is 1. The summed E-state index contributed by atoms with van der Waals surface area (Å²) in [7, 11) is 1.39. The average molecular weight is 182 g/mol. The quantitative estimate of drug-likeness (QED) is 0.283. The number of rotatable bonds is 5. The Labute approximate surface area is 80.3 Å². The molecule has 0 aromatic carbocycles. The molecule has 0 heterocycles. The first-order valence-electron chi connectivity index (χ1n) is 4.64. The van der Waals surface area contributed by atoms with E-state index in [0.29, 0.717) is 5.57 Å². The maximum absolute atomic E-state index is 10.9. The van der Waals surface area contributed by atoms with Gasteiger partial charge in [0, 0.05) is 5.57 Å². The third-order valence-electron chi connectivity index (χ3n) is 1.71. The number of hydrogen-bond donors (Lipinski definition) is 0. The topological polar surface area (TPSA) is 26.3 Å². The molecule has 0 aliphatic rings. The molecular formula is C11H18O2. The van der Waals surface area contributed by atoms with Gasteiger partial charge in [0.1, 0.15) is 0 Å². The maximum Gasteiger partial charge on any atom is 0.333 e. The van der Waals surface area contributed by atoms with Gasteiger partial charge in [0.05, 0.1) is 7.11 Å². The lowest BCUT2D eigenvalue weighted by atomic mass is 10.2. The summed E-state index contributed by atoms with van der Waals surface area (Å²) in [6.45, 7) is 3.90. The molecule has 2 heteroatoms. The molecule has 0 saturated heterocycles. The first-order chi connectivity index (χ1) is 6.22. The van der Waals surface area contributed by atoms with Crippen LogP contribution in [-0.4, -0.2) is 13.1 Å². The van der Waals surface area contributed by atoms with Crippen molar-refractivity contribution < 1.29 is 9.53 Å². The van der Waals surface area contributed by atoms with Crippen LogP contribution in [0.5, 0.6) is 0 Å². The molecule has 0 aromatic rings. The minimum absolute atomic E-state index is 0.264. The van der Waals surface area contributed by atoms with Gasteiger partial charge >= 0.3 is 5.97 Å². The van der Waals surface area contributed by atoms with Crippen LogP contribution in [0, 0.1) is 0 Å². The van der Waals surface area contributed by atoms with Crippen molar-refractivity contribution in [1.29, 1.82) is 0 Å². The van der Waals surface area contributed by atoms with E-state index in [9.17, 15) is 4.79 Å². The van der Waals surface area contributed by atoms with E-state index in [0.717, 1.165) is 6.42 Å². The number of ether oxygens (including phenoxy) is 1. The lowest BCUT2D eigenvalue weighted by Gasteiger charge is -1.95. The Balaban J connectivity index is 3.82. The lowest BCUT2D eigenvalue weighted by Crippen LogP contribution is -2.00. The summed E-state index contributed by atoms with van der Waals surface area (Å²) in [5.74, 6) is -0.264. The highest BCUT2D eigenvalue weighted by Gasteiger charge is 1.99. The van der Waals surface area contributed by atoms with Crippen molar-refractivity contribution in [1.82, 2.24) is 0 Å². The highest BCUT2D eigenvalue weighted by molar-refractivity contribution is 5.87. The standard InChI is InChI=1S/C11H18O2/c1-4-5-6-7-8-9-10(2)11(12)13-3/h7-9H,4-6H2,1-3H3/b8-7+,10-9+. The van der Waals surface area contributed by atoms with E-state index < -0.39 is 0 Å². The Kier molecular flexibility index (Phi) is 6.98. The number of carbonyl (C=O) groups excluding carboxylic acids is 1. The molecule has 0 aliphatic heterocycles. The van der Waals surface area contributed by atoms with Crippen LogP contribution in [0.2, 0.25) is 0 Å². The van der Waals surface area contributed by atoms with Gasteiger partial charge in [-0.05, 0) is 13.3 Å². The van der Waals surface area contributed by atoms with Crippen molar-refractivity contribution in [2.45, 2.75) is 33.1 Å². The van der Waals surface area contributed by atoms with Crippen LogP contribution >= 0.6 is 0 Å². The van der Waals surface area contributed by atoms with Crippen molar-refractivity contribution in [2.75, 3.05) is 7.11 Å². The molecule has 0 fully saturated rings. The van der Waals surface area contributed by atoms with Gasteiger partial charge in [0.15, 0.2) is 0 Å². The first-order valence-corrected chi connectivity index (χ1v) is 4.64. The van der Waals surface area contributed by atoms with Crippen molar-refractivity contribution >= 4 is 5.97 Å². The smallest absolute Gasteiger partial charge is 0.333 e. The number of hydrogen-bond acceptors (Lipinski definition) is 2. The predicted molar refractivity (Wildman–Crippen MR) is 54.4 cm³/mol. The molecule has 0 aliphatic carbocycles. The first kappa shape index (κ1) is 11.9. The summed E-state index contributed by atoms with van der Waals surface area (Å²) in [4.78, 5) is 10.9. The van der Waals surface area contributed by atoms with Gasteiger partial charge in [0.2, 0.25) is 0 Å². The molecule has 13 heavy (non-hydrogen) atoms. The van der Waals surface area contributed by atoms with Crippen LogP contribution in [0.3, 0.4) is 0 Å². The third-order valence-corrected chi connectivity index (χ3v) is 1.71. The van der Waals surface area contributed by atoms with Gasteiger partial charge < -0.3 is 4.74 Å². The second-order valence-electron chi connectivity index (χ2n) is 2.91. The summed E-state index contributed by atoms with van der Waals surface area (Å²) in [5.41, 5.74) is 0.634. The Morgan fingerprint density at radius 2 is 2.15 bits per heavy atom. The second kappa shape index (κ2) is 7.59. The van der Waals surface area contributed by atoms with Crippen LogP contribution in [0.15, 0.2) is 23.8 Å². The van der Waals surface area contributed by atoms with Crippen molar-refractivity contribution in [3.63, 3.8) is 0 Å². The number of esters is 1. The van der Waals surface area contributed by atoms with Gasteiger partial charge in [0.25, 0.3) is 0 Å². The molecule has 74 valence electrons. The fraction of sp³-hybridized carbons (Fsp3) is 0.545. The van der Waals surface area contributed by atoms with Crippen molar-refractivity contribution in [3.8, 4) is 0 Å². The summed E-state index contributed by atoms with van der Waals surface area (Å²) in [6, 6.07) is 0. The van der Waals surface area contributed by atoms with Crippen LogP contribution in [0.4, 0.5) is 0 Å². The minimum atomic E-state index is -0.264. The molecule has 2 nitrogen and oxygen atoms in total. The van der Waals surface area contributed by atoms with Crippen molar-refractivity contribution in [3.05, 3.63) is 23.8 Å². The highest BCUT2D eigenvalue weighted by Crippen LogP contribution is 1.98. The summed E-state index contributed by atoms with van der Waals surface area (Å²) in [6.07, 6.45) is 9.21. The van der Waals surface area contributed by atoms with E-state index in [1.54, 1.807) is 13.0 Å². The number of carbonyl (C=O) groups is 1. The second-order valence-corrected chi connectivity index (χ2v) is 2.91. The molecule has 0 unspecified atom stereocenters. The van der Waals surface area contributed by atoms with E-state index in [1.165, 1.54) is 20.0 Å². The molecule has 0 spiro atoms. The Morgan fingerprint density at radius 3 is 2.69 bits per heavy atom. The van der Waals surface area contributed by atoms with E-state index >= 15 is 0 Å². The monoisotopic (exact) mass is 182 g/mol. The molecule has 0 amide bonds. The molecule has 0 bridgehead atoms. The minimum Gasteiger partial charge on any atom is -0.466 e. The molecule has 0 N–H and O–H groups in total. The summed E-state index contributed by atoms with van der Waals surface area (Å²) in [5, 5.41) is 0. The normalized spacial score (nSPS) is 12.1. The zero-order valence-electron chi connectivity index (χ0n) is 8.67. The molecule has 0 rings (SSSR count). The van der Waals surface area contributed by atoms with Crippen LogP contribution in [0.25, 0.3) is 0 Å². The van der Waals surface area contributed by atoms with Gasteiger partial charge in [-0.25, -0.2) is 4.79 Å². The Morgan fingerprint density at radius 1 is 1.46 bits per heavy atom. The fourth-order valence-corrected chi connectivity index (χ4v) is 0.860. The van der Waals surface area contributed by atoms with E-state index in [1.807, 2.05) is 6.08 Å². The zero-order chi connectivity index (χ0) is 10.1. The molecule has 0 radical (unpaired) electrons. The van der Waals surface area contributed by atoms with E-state index in [2.05, 4.69) is 17.7 Å².